The van der Waals surface area contributed by atoms with E-state index in [4.69, 9.17) is 4.74 Å². The third-order valence-corrected chi connectivity index (χ3v) is 3.11. The van der Waals surface area contributed by atoms with Crippen LogP contribution in [0.5, 0.6) is 0 Å². The monoisotopic (exact) mass is 265 g/mol. The van der Waals surface area contributed by atoms with Crippen LogP contribution in [0.1, 0.15) is 33.3 Å². The molecule has 4 heteroatoms. The molecule has 1 unspecified atom stereocenters. The number of hydrogen-bond donors (Lipinski definition) is 1. The first-order valence-corrected chi connectivity index (χ1v) is 6.34. The van der Waals surface area contributed by atoms with Crippen LogP contribution in [0.4, 0.5) is 4.79 Å². The molecule has 1 rings (SSSR count). The summed E-state index contributed by atoms with van der Waals surface area (Å²) in [4.78, 5) is 13.6. The molecule has 0 saturated heterocycles. The second-order valence-corrected chi connectivity index (χ2v) is 5.84. The first-order valence-electron chi connectivity index (χ1n) is 6.34. The highest BCUT2D eigenvalue weighted by Gasteiger charge is 2.36. The predicted octanol–water partition coefficient (Wildman–Crippen LogP) is 2.76. The molecule has 0 radical (unpaired) electrons. The minimum absolute atomic E-state index is 0.174. The summed E-state index contributed by atoms with van der Waals surface area (Å²) >= 11 is 0. The maximum absolute atomic E-state index is 12.1. The molecule has 1 N–H and O–H groups in total. The Kier molecular flexibility index (Phi) is 4.58. The van der Waals surface area contributed by atoms with Gasteiger partial charge in [0.15, 0.2) is 0 Å². The van der Waals surface area contributed by atoms with E-state index in [9.17, 15) is 9.90 Å². The molecule has 0 aliphatic heterocycles. The minimum Gasteiger partial charge on any atom is -0.444 e. The quantitative estimate of drug-likeness (QED) is 0.914. The summed E-state index contributed by atoms with van der Waals surface area (Å²) in [6.07, 6.45) is -0.451. The van der Waals surface area contributed by atoms with Crippen LogP contribution < -0.4 is 0 Å². The molecule has 0 spiro atoms. The lowest BCUT2D eigenvalue weighted by atomic mass is 9.91. The molecule has 1 aromatic rings. The molecule has 1 aromatic carbocycles. The van der Waals surface area contributed by atoms with Crippen molar-refractivity contribution in [3.05, 3.63) is 35.9 Å². The van der Waals surface area contributed by atoms with Gasteiger partial charge in [0, 0.05) is 7.05 Å². The predicted molar refractivity (Wildman–Crippen MR) is 74.9 cm³/mol. The van der Waals surface area contributed by atoms with E-state index in [1.807, 2.05) is 58.0 Å². The lowest BCUT2D eigenvalue weighted by Crippen LogP contribution is -2.49. The van der Waals surface area contributed by atoms with Gasteiger partial charge in [-0.25, -0.2) is 4.79 Å². The number of likely N-dealkylation sites (N-methyl/N-ethyl adjacent to an activating group) is 1. The summed E-state index contributed by atoms with van der Waals surface area (Å²) in [6, 6.07) is 9.43. The van der Waals surface area contributed by atoms with Crippen molar-refractivity contribution >= 4 is 6.09 Å². The van der Waals surface area contributed by atoms with Crippen molar-refractivity contribution in [2.75, 3.05) is 13.7 Å². The Balaban J connectivity index is 2.99. The highest BCUT2D eigenvalue weighted by atomic mass is 16.6. The molecule has 0 fully saturated rings. The number of amides is 1. The fraction of sp³-hybridized carbons (Fsp3) is 0.533. The van der Waals surface area contributed by atoms with Crippen LogP contribution in [0.3, 0.4) is 0 Å². The average Bonchev–Trinajstić information content (AvgIpc) is 2.36. The molecule has 19 heavy (non-hydrogen) atoms. The van der Waals surface area contributed by atoms with Crippen LogP contribution in [-0.4, -0.2) is 35.4 Å². The van der Waals surface area contributed by atoms with Gasteiger partial charge in [-0.3, -0.25) is 4.90 Å². The van der Waals surface area contributed by atoms with Gasteiger partial charge in [0.1, 0.15) is 5.60 Å². The van der Waals surface area contributed by atoms with Crippen LogP contribution in [0.25, 0.3) is 0 Å². The van der Waals surface area contributed by atoms with Gasteiger partial charge in [-0.1, -0.05) is 30.3 Å². The van der Waals surface area contributed by atoms with Crippen LogP contribution in [0.15, 0.2) is 30.3 Å². The lowest BCUT2D eigenvalue weighted by Gasteiger charge is -2.38. The van der Waals surface area contributed by atoms with Crippen LogP contribution in [-0.2, 0) is 10.3 Å². The number of carbonyl (C=O) groups is 1. The highest BCUT2D eigenvalue weighted by Crippen LogP contribution is 2.28. The van der Waals surface area contributed by atoms with Gasteiger partial charge in [-0.2, -0.15) is 0 Å². The van der Waals surface area contributed by atoms with Gasteiger partial charge in [0.25, 0.3) is 0 Å². The maximum Gasteiger partial charge on any atom is 0.410 e. The number of ether oxygens (including phenoxy) is 1. The Bertz CT molecular complexity index is 425. The minimum atomic E-state index is -0.802. The van der Waals surface area contributed by atoms with E-state index in [1.165, 1.54) is 4.90 Å². The largest absolute Gasteiger partial charge is 0.444 e. The molecule has 0 aromatic heterocycles. The van der Waals surface area contributed by atoms with Crippen LogP contribution in [0, 0.1) is 0 Å². The normalized spacial score (nSPS) is 14.6. The first-order chi connectivity index (χ1) is 8.70. The van der Waals surface area contributed by atoms with Gasteiger partial charge >= 0.3 is 6.09 Å². The van der Waals surface area contributed by atoms with E-state index in [0.717, 1.165) is 5.56 Å². The van der Waals surface area contributed by atoms with Gasteiger partial charge in [-0.15, -0.1) is 0 Å². The molecular weight excluding hydrogens is 242 g/mol. The highest BCUT2D eigenvalue weighted by molar-refractivity contribution is 5.69. The standard InChI is InChI=1S/C15H23NO3/c1-14(2,3)19-13(18)16(5)15(4,11-17)12-9-7-6-8-10-12/h6-10,17H,11H2,1-5H3. The Labute approximate surface area is 115 Å². The molecule has 1 amide bonds. The molecule has 0 aliphatic carbocycles. The molecule has 0 aliphatic rings. The SMILES string of the molecule is CN(C(=O)OC(C)(C)C)C(C)(CO)c1ccccc1. The fourth-order valence-corrected chi connectivity index (χ4v) is 1.72. The Morgan fingerprint density at radius 2 is 1.74 bits per heavy atom. The number of benzene rings is 1. The van der Waals surface area contributed by atoms with Crippen molar-refractivity contribution in [1.82, 2.24) is 4.90 Å². The van der Waals surface area contributed by atoms with Crippen molar-refractivity contribution in [2.45, 2.75) is 38.8 Å². The number of nitrogens with zero attached hydrogens (tertiary/aromatic N) is 1. The number of aliphatic hydroxyl groups is 1. The van der Waals surface area contributed by atoms with E-state index >= 15 is 0 Å². The van der Waals surface area contributed by atoms with E-state index in [0.29, 0.717) is 0 Å². The van der Waals surface area contributed by atoms with E-state index in [1.54, 1.807) is 7.05 Å². The van der Waals surface area contributed by atoms with Gasteiger partial charge in [0.2, 0.25) is 0 Å². The van der Waals surface area contributed by atoms with Gasteiger partial charge in [-0.05, 0) is 33.3 Å². The number of rotatable bonds is 3. The number of aliphatic hydroxyl groups excluding tert-OH is 1. The third-order valence-electron chi connectivity index (χ3n) is 3.11. The number of carbonyl (C=O) groups excluding carboxylic acids is 1. The Hall–Kier alpha value is -1.55. The van der Waals surface area contributed by atoms with Crippen molar-refractivity contribution < 1.29 is 14.6 Å². The maximum atomic E-state index is 12.1. The average molecular weight is 265 g/mol. The smallest absolute Gasteiger partial charge is 0.410 e. The van der Waals surface area contributed by atoms with Gasteiger partial charge < -0.3 is 9.84 Å². The Morgan fingerprint density at radius 1 is 1.21 bits per heavy atom. The van der Waals surface area contributed by atoms with Crippen molar-refractivity contribution in [1.29, 1.82) is 0 Å². The zero-order chi connectivity index (χ0) is 14.7. The summed E-state index contributed by atoms with van der Waals surface area (Å²) in [7, 11) is 1.64. The van der Waals surface area contributed by atoms with Crippen molar-refractivity contribution in [2.24, 2.45) is 0 Å². The molecular formula is C15H23NO3. The van der Waals surface area contributed by atoms with Crippen molar-refractivity contribution in [3.8, 4) is 0 Å². The number of hydrogen-bond acceptors (Lipinski definition) is 3. The second-order valence-electron chi connectivity index (χ2n) is 5.84. The van der Waals surface area contributed by atoms with Crippen molar-refractivity contribution in [3.63, 3.8) is 0 Å². The topological polar surface area (TPSA) is 49.8 Å². The van der Waals surface area contributed by atoms with Crippen LogP contribution >= 0.6 is 0 Å². The molecule has 0 heterocycles. The third kappa shape index (κ3) is 3.70. The Morgan fingerprint density at radius 3 is 2.16 bits per heavy atom. The summed E-state index contributed by atoms with van der Waals surface area (Å²) in [5.41, 5.74) is -0.493. The van der Waals surface area contributed by atoms with E-state index < -0.39 is 17.2 Å². The summed E-state index contributed by atoms with van der Waals surface area (Å²) in [5, 5.41) is 9.71. The van der Waals surface area contributed by atoms with Gasteiger partial charge in [0.05, 0.1) is 12.1 Å². The second kappa shape index (κ2) is 5.61. The zero-order valence-electron chi connectivity index (χ0n) is 12.3. The first kappa shape index (κ1) is 15.5. The molecule has 0 bridgehead atoms. The zero-order valence-corrected chi connectivity index (χ0v) is 12.3. The van der Waals surface area contributed by atoms with Crippen LogP contribution in [0.2, 0.25) is 0 Å². The molecule has 1 atom stereocenters. The molecule has 0 saturated carbocycles. The summed E-state index contributed by atoms with van der Waals surface area (Å²) < 4.78 is 5.34. The van der Waals surface area contributed by atoms with E-state index in [-0.39, 0.29) is 6.61 Å². The summed E-state index contributed by atoms with van der Waals surface area (Å²) in [6.45, 7) is 7.09. The summed E-state index contributed by atoms with van der Waals surface area (Å²) in [5.74, 6) is 0. The lowest BCUT2D eigenvalue weighted by molar-refractivity contribution is -0.00601. The molecule has 106 valence electrons. The molecule has 4 nitrogen and oxygen atoms in total. The van der Waals surface area contributed by atoms with E-state index in [2.05, 4.69) is 0 Å². The fourth-order valence-electron chi connectivity index (χ4n) is 1.72.